The van der Waals surface area contributed by atoms with Gasteiger partial charge in [0.05, 0.1) is 11.5 Å². The lowest BCUT2D eigenvalue weighted by molar-refractivity contribution is -0.127. The number of nitrogens with one attached hydrogen (secondary N) is 1. The zero-order valence-corrected chi connectivity index (χ0v) is 12.9. The molecule has 0 unspecified atom stereocenters. The van der Waals surface area contributed by atoms with Gasteiger partial charge >= 0.3 is 0 Å². The SMILES string of the molecule is CC1=C[C@@]2(C(=O)N[C@H](C)c3ccccc3)[C@@H](C1=O)C2(C)C. The van der Waals surface area contributed by atoms with Crippen molar-refractivity contribution >= 4 is 11.7 Å². The molecule has 110 valence electrons. The van der Waals surface area contributed by atoms with Crippen LogP contribution in [-0.4, -0.2) is 11.7 Å². The van der Waals surface area contributed by atoms with E-state index in [1.54, 1.807) is 6.92 Å². The standard InChI is InChI=1S/C18H21NO2/c1-11-10-18(15(14(11)20)17(18,3)4)16(21)19-12(2)13-8-6-5-7-9-13/h5-10,12,15H,1-4H3,(H,19,21)/t12-,15+,18+/m1/s1. The monoisotopic (exact) mass is 283 g/mol. The van der Waals surface area contributed by atoms with Crippen LogP contribution >= 0.6 is 0 Å². The van der Waals surface area contributed by atoms with Gasteiger partial charge in [0, 0.05) is 5.92 Å². The topological polar surface area (TPSA) is 46.2 Å². The van der Waals surface area contributed by atoms with Crippen LogP contribution in [0.2, 0.25) is 0 Å². The maximum absolute atomic E-state index is 12.8. The lowest BCUT2D eigenvalue weighted by atomic mass is 9.92. The maximum atomic E-state index is 12.8. The van der Waals surface area contributed by atoms with Crippen LogP contribution in [0.25, 0.3) is 0 Å². The third-order valence-electron chi connectivity index (χ3n) is 5.28. The van der Waals surface area contributed by atoms with Crippen molar-refractivity contribution in [3.05, 3.63) is 47.5 Å². The number of benzene rings is 1. The van der Waals surface area contributed by atoms with Crippen LogP contribution in [0.4, 0.5) is 0 Å². The second-order valence-corrected chi connectivity index (χ2v) is 6.82. The highest BCUT2D eigenvalue weighted by atomic mass is 16.2. The molecule has 0 spiro atoms. The Bertz CT molecular complexity index is 644. The van der Waals surface area contributed by atoms with E-state index < -0.39 is 5.41 Å². The van der Waals surface area contributed by atoms with Gasteiger partial charge in [-0.3, -0.25) is 9.59 Å². The van der Waals surface area contributed by atoms with Gasteiger partial charge in [0.15, 0.2) is 5.78 Å². The van der Waals surface area contributed by atoms with E-state index in [1.807, 2.05) is 57.2 Å². The Morgan fingerprint density at radius 2 is 1.86 bits per heavy atom. The minimum absolute atomic E-state index is 0.0287. The average molecular weight is 283 g/mol. The van der Waals surface area contributed by atoms with Crippen molar-refractivity contribution in [2.75, 3.05) is 0 Å². The van der Waals surface area contributed by atoms with E-state index in [0.717, 1.165) is 11.1 Å². The van der Waals surface area contributed by atoms with Gasteiger partial charge in [0.25, 0.3) is 0 Å². The van der Waals surface area contributed by atoms with Gasteiger partial charge in [-0.05, 0) is 30.4 Å². The molecule has 1 aromatic rings. The molecule has 3 nitrogen and oxygen atoms in total. The molecule has 0 saturated heterocycles. The molecule has 1 aromatic carbocycles. The molecule has 1 fully saturated rings. The highest BCUT2D eigenvalue weighted by molar-refractivity contribution is 6.12. The molecule has 0 radical (unpaired) electrons. The lowest BCUT2D eigenvalue weighted by Gasteiger charge is -2.20. The second kappa shape index (κ2) is 4.30. The van der Waals surface area contributed by atoms with Crippen LogP contribution in [-0.2, 0) is 9.59 Å². The predicted octanol–water partition coefficient (Wildman–Crippen LogP) is 3.04. The van der Waals surface area contributed by atoms with E-state index in [4.69, 9.17) is 0 Å². The molecule has 2 aliphatic carbocycles. The Kier molecular flexibility index (Phi) is 2.88. The number of rotatable bonds is 3. The smallest absolute Gasteiger partial charge is 0.231 e. The van der Waals surface area contributed by atoms with E-state index in [2.05, 4.69) is 5.32 Å². The number of Topliss-reactive ketones (excluding diaryl/α,β-unsaturated/α-hetero) is 1. The van der Waals surface area contributed by atoms with Gasteiger partial charge in [0.1, 0.15) is 0 Å². The van der Waals surface area contributed by atoms with Crippen molar-refractivity contribution < 1.29 is 9.59 Å². The van der Waals surface area contributed by atoms with E-state index >= 15 is 0 Å². The Hall–Kier alpha value is -1.90. The van der Waals surface area contributed by atoms with Gasteiger partial charge in [0.2, 0.25) is 5.91 Å². The molecule has 2 aliphatic rings. The van der Waals surface area contributed by atoms with E-state index in [1.165, 1.54) is 0 Å². The molecule has 3 heteroatoms. The van der Waals surface area contributed by atoms with Gasteiger partial charge in [-0.25, -0.2) is 0 Å². The van der Waals surface area contributed by atoms with Crippen molar-refractivity contribution in [1.29, 1.82) is 0 Å². The molecule has 0 bridgehead atoms. The van der Waals surface area contributed by atoms with Crippen molar-refractivity contribution in [2.45, 2.75) is 33.7 Å². The van der Waals surface area contributed by atoms with Crippen molar-refractivity contribution in [2.24, 2.45) is 16.7 Å². The van der Waals surface area contributed by atoms with Crippen LogP contribution < -0.4 is 5.32 Å². The summed E-state index contributed by atoms with van der Waals surface area (Å²) in [6.45, 7) is 7.79. The largest absolute Gasteiger partial charge is 0.349 e. The first-order valence-corrected chi connectivity index (χ1v) is 7.42. The summed E-state index contributed by atoms with van der Waals surface area (Å²) in [5.41, 5.74) is 0.880. The summed E-state index contributed by atoms with van der Waals surface area (Å²) in [6, 6.07) is 9.82. The molecule has 0 aliphatic heterocycles. The summed E-state index contributed by atoms with van der Waals surface area (Å²) in [6.07, 6.45) is 1.88. The summed E-state index contributed by atoms with van der Waals surface area (Å²) in [5, 5.41) is 3.08. The summed E-state index contributed by atoms with van der Waals surface area (Å²) < 4.78 is 0. The molecule has 21 heavy (non-hydrogen) atoms. The summed E-state index contributed by atoms with van der Waals surface area (Å²) >= 11 is 0. The van der Waals surface area contributed by atoms with Crippen molar-refractivity contribution in [1.82, 2.24) is 5.32 Å². The van der Waals surface area contributed by atoms with Crippen LogP contribution in [0.1, 0.15) is 39.3 Å². The number of hydrogen-bond acceptors (Lipinski definition) is 2. The molecular weight excluding hydrogens is 262 g/mol. The number of fused-ring (bicyclic) bond motifs is 1. The fourth-order valence-electron chi connectivity index (χ4n) is 3.87. The summed E-state index contributed by atoms with van der Waals surface area (Å²) in [7, 11) is 0. The lowest BCUT2D eigenvalue weighted by Crippen LogP contribution is -2.35. The molecule has 3 atom stereocenters. The van der Waals surface area contributed by atoms with Crippen LogP contribution in [0, 0.1) is 16.7 Å². The predicted molar refractivity (Wildman–Crippen MR) is 81.5 cm³/mol. The first-order valence-electron chi connectivity index (χ1n) is 7.42. The van der Waals surface area contributed by atoms with Crippen LogP contribution in [0.3, 0.4) is 0 Å². The zero-order chi connectivity index (χ0) is 15.4. The molecule has 1 N–H and O–H groups in total. The number of allylic oxidation sites excluding steroid dienone is 1. The number of amides is 1. The number of carbonyl (C=O) groups excluding carboxylic acids is 2. The molecule has 1 saturated carbocycles. The third-order valence-corrected chi connectivity index (χ3v) is 5.28. The first-order chi connectivity index (χ1) is 9.82. The van der Waals surface area contributed by atoms with E-state index in [0.29, 0.717) is 0 Å². The Morgan fingerprint density at radius 3 is 2.43 bits per heavy atom. The Labute approximate surface area is 125 Å². The first kappa shape index (κ1) is 14.1. The van der Waals surface area contributed by atoms with Gasteiger partial charge < -0.3 is 5.32 Å². The number of carbonyl (C=O) groups is 2. The fraction of sp³-hybridized carbons (Fsp3) is 0.444. The maximum Gasteiger partial charge on any atom is 0.231 e. The molecule has 1 amide bonds. The minimum atomic E-state index is -0.642. The highest BCUT2D eigenvalue weighted by Gasteiger charge is 2.79. The molecule has 0 heterocycles. The Morgan fingerprint density at radius 1 is 1.24 bits per heavy atom. The third kappa shape index (κ3) is 1.73. The zero-order valence-electron chi connectivity index (χ0n) is 12.9. The highest BCUT2D eigenvalue weighted by Crippen LogP contribution is 2.73. The van der Waals surface area contributed by atoms with E-state index in [-0.39, 0.29) is 29.1 Å². The number of ketones is 1. The number of hydrogen-bond donors (Lipinski definition) is 1. The van der Waals surface area contributed by atoms with Crippen molar-refractivity contribution in [3.63, 3.8) is 0 Å². The van der Waals surface area contributed by atoms with Gasteiger partial charge in [-0.2, -0.15) is 0 Å². The average Bonchev–Trinajstić information content (AvgIpc) is 2.78. The van der Waals surface area contributed by atoms with Gasteiger partial charge in [-0.15, -0.1) is 0 Å². The molecular formula is C18H21NO2. The summed E-state index contributed by atoms with van der Waals surface area (Å²) in [5.74, 6) is -0.0884. The summed E-state index contributed by atoms with van der Waals surface area (Å²) in [4.78, 5) is 25.0. The molecule has 0 aromatic heterocycles. The normalized spacial score (nSPS) is 30.4. The van der Waals surface area contributed by atoms with Crippen LogP contribution in [0.15, 0.2) is 42.0 Å². The minimum Gasteiger partial charge on any atom is -0.349 e. The fourth-order valence-corrected chi connectivity index (χ4v) is 3.87. The Balaban J connectivity index is 1.83. The quantitative estimate of drug-likeness (QED) is 0.926. The second-order valence-electron chi connectivity index (χ2n) is 6.82. The van der Waals surface area contributed by atoms with Crippen LogP contribution in [0.5, 0.6) is 0 Å². The molecule has 3 rings (SSSR count). The van der Waals surface area contributed by atoms with E-state index in [9.17, 15) is 9.59 Å². The van der Waals surface area contributed by atoms with Crippen molar-refractivity contribution in [3.8, 4) is 0 Å². The van der Waals surface area contributed by atoms with Gasteiger partial charge in [-0.1, -0.05) is 50.3 Å².